The van der Waals surface area contributed by atoms with Gasteiger partial charge >= 0.3 is 0 Å². The second-order valence-electron chi connectivity index (χ2n) is 14.7. The molecule has 0 aromatic heterocycles. The lowest BCUT2D eigenvalue weighted by atomic mass is 9.82. The standard InChI is InChI=1S/C28H42N2O4.C5H12.C3H8/c1-6-8-14-21(31)22(32)16-15-18(3)26-24-20(28(24,4)5)17-30(26)27(34)25(29-23(33)7-2)19-12-10-9-11-13-19;1-5(2,3)4;1-3-2/h6,19-20,24-26H,1,3,7-17H2,2,4-5H3,(H,29,33);1-4H3;3H2,1-2H3/t20?,24?,25?,26-;;/m1../s1. The smallest absolute Gasteiger partial charge is 0.245 e. The van der Waals surface area contributed by atoms with E-state index in [2.05, 4.69) is 73.9 Å². The van der Waals surface area contributed by atoms with Crippen LogP contribution in [0.2, 0.25) is 0 Å². The summed E-state index contributed by atoms with van der Waals surface area (Å²) in [4.78, 5) is 52.5. The Balaban J connectivity index is 0.000000978. The van der Waals surface area contributed by atoms with Crippen molar-refractivity contribution >= 4 is 23.4 Å². The van der Waals surface area contributed by atoms with Crippen molar-refractivity contribution in [2.45, 2.75) is 145 Å². The third-order valence-corrected chi connectivity index (χ3v) is 8.49. The monoisotopic (exact) mass is 586 g/mol. The van der Waals surface area contributed by atoms with Crippen molar-refractivity contribution in [1.82, 2.24) is 10.2 Å². The maximum Gasteiger partial charge on any atom is 0.245 e. The maximum absolute atomic E-state index is 13.9. The van der Waals surface area contributed by atoms with Crippen molar-refractivity contribution < 1.29 is 19.2 Å². The molecule has 0 bridgehead atoms. The molecule has 1 saturated heterocycles. The van der Waals surface area contributed by atoms with Gasteiger partial charge in [0, 0.05) is 25.8 Å². The highest BCUT2D eigenvalue weighted by atomic mass is 16.2. The zero-order valence-corrected chi connectivity index (χ0v) is 28.4. The highest BCUT2D eigenvalue weighted by Gasteiger charge is 2.68. The first-order valence-electron chi connectivity index (χ1n) is 16.5. The fourth-order valence-electron chi connectivity index (χ4n) is 6.22. The molecule has 6 heteroatoms. The van der Waals surface area contributed by atoms with Crippen molar-refractivity contribution in [2.24, 2.45) is 28.6 Å². The Morgan fingerprint density at radius 3 is 1.98 bits per heavy atom. The number of ketones is 2. The molecule has 3 rings (SSSR count). The molecule has 1 N–H and O–H groups in total. The zero-order valence-electron chi connectivity index (χ0n) is 28.4. The van der Waals surface area contributed by atoms with Crippen molar-refractivity contribution in [1.29, 1.82) is 0 Å². The number of likely N-dealkylation sites (tertiary alicyclic amines) is 1. The van der Waals surface area contributed by atoms with Crippen LogP contribution >= 0.6 is 0 Å². The number of hydrogen-bond acceptors (Lipinski definition) is 4. The number of hydrogen-bond donors (Lipinski definition) is 1. The van der Waals surface area contributed by atoms with Gasteiger partial charge in [-0.1, -0.05) is 106 Å². The van der Waals surface area contributed by atoms with Crippen LogP contribution in [0.3, 0.4) is 0 Å². The van der Waals surface area contributed by atoms with E-state index >= 15 is 0 Å². The maximum atomic E-state index is 13.9. The molecule has 2 aliphatic carbocycles. The fourth-order valence-corrected chi connectivity index (χ4v) is 6.22. The number of rotatable bonds is 12. The quantitative estimate of drug-likeness (QED) is 0.186. The normalized spacial score (nSPS) is 23.2. The number of Topliss-reactive ketones (excluding diaryl/α,β-unsaturated/α-hetero) is 2. The van der Waals surface area contributed by atoms with E-state index < -0.39 is 6.04 Å². The highest BCUT2D eigenvalue weighted by Crippen LogP contribution is 2.66. The Labute approximate surface area is 257 Å². The van der Waals surface area contributed by atoms with Crippen molar-refractivity contribution in [3.05, 3.63) is 24.8 Å². The number of allylic oxidation sites excluding steroid dienone is 1. The average molecular weight is 587 g/mol. The minimum Gasteiger partial charge on any atom is -0.344 e. The lowest BCUT2D eigenvalue weighted by molar-refractivity contribution is -0.139. The summed E-state index contributed by atoms with van der Waals surface area (Å²) in [5, 5.41) is 3.04. The third-order valence-electron chi connectivity index (χ3n) is 8.49. The minimum absolute atomic E-state index is 0.00349. The largest absolute Gasteiger partial charge is 0.344 e. The first-order valence-corrected chi connectivity index (χ1v) is 16.5. The van der Waals surface area contributed by atoms with Gasteiger partial charge in [-0.25, -0.2) is 0 Å². The van der Waals surface area contributed by atoms with Gasteiger partial charge in [0.05, 0.1) is 6.04 Å². The van der Waals surface area contributed by atoms with E-state index in [4.69, 9.17) is 0 Å². The first kappa shape index (κ1) is 37.8. The van der Waals surface area contributed by atoms with E-state index in [1.807, 2.05) is 11.8 Å². The Morgan fingerprint density at radius 2 is 1.48 bits per heavy atom. The molecule has 3 aliphatic rings. The summed E-state index contributed by atoms with van der Waals surface area (Å²) in [6.07, 6.45) is 9.75. The molecule has 1 aliphatic heterocycles. The minimum atomic E-state index is -0.495. The summed E-state index contributed by atoms with van der Waals surface area (Å²) in [5.74, 6) is 0.0435. The molecular formula is C36H62N2O4. The zero-order chi connectivity index (χ0) is 32.3. The lowest BCUT2D eigenvalue weighted by Crippen LogP contribution is -2.55. The first-order chi connectivity index (χ1) is 19.5. The van der Waals surface area contributed by atoms with Gasteiger partial charge in [-0.3, -0.25) is 19.2 Å². The van der Waals surface area contributed by atoms with Crippen LogP contribution in [0.25, 0.3) is 0 Å². The molecular weight excluding hydrogens is 524 g/mol. The van der Waals surface area contributed by atoms with Crippen LogP contribution in [0, 0.1) is 28.6 Å². The van der Waals surface area contributed by atoms with E-state index in [9.17, 15) is 19.2 Å². The third kappa shape index (κ3) is 11.4. The predicted octanol–water partition coefficient (Wildman–Crippen LogP) is 7.85. The SMILES string of the molecule is C=CCCC(=O)C(=O)CCC(=C)[C@@H]1C2C(CN1C(=O)C(NC(=O)CC)C1CCCCC1)C2(C)C.CC(C)(C)C.CCC. The number of carbonyl (C=O) groups is 4. The second kappa shape index (κ2) is 17.2. The Bertz CT molecular complexity index is 933. The summed E-state index contributed by atoms with van der Waals surface area (Å²) in [5.41, 5.74) is 1.47. The van der Waals surface area contributed by atoms with Crippen LogP contribution in [0.15, 0.2) is 24.8 Å². The molecule has 0 aromatic rings. The predicted molar refractivity (Wildman–Crippen MR) is 174 cm³/mol. The Kier molecular flexibility index (Phi) is 15.4. The van der Waals surface area contributed by atoms with Gasteiger partial charge in [-0.2, -0.15) is 0 Å². The molecule has 4 atom stereocenters. The lowest BCUT2D eigenvalue weighted by Gasteiger charge is -2.38. The molecule has 0 spiro atoms. The van der Waals surface area contributed by atoms with E-state index in [-0.39, 0.29) is 53.6 Å². The van der Waals surface area contributed by atoms with Crippen molar-refractivity contribution in [2.75, 3.05) is 6.54 Å². The molecule has 6 nitrogen and oxygen atoms in total. The average Bonchev–Trinajstić information content (AvgIpc) is 3.24. The van der Waals surface area contributed by atoms with Crippen LogP contribution in [0.4, 0.5) is 0 Å². The van der Waals surface area contributed by atoms with Gasteiger partial charge in [0.25, 0.3) is 0 Å². The van der Waals surface area contributed by atoms with Gasteiger partial charge in [0.1, 0.15) is 6.04 Å². The van der Waals surface area contributed by atoms with Crippen LogP contribution < -0.4 is 5.32 Å². The van der Waals surface area contributed by atoms with Crippen LogP contribution in [0.1, 0.15) is 133 Å². The van der Waals surface area contributed by atoms with Crippen molar-refractivity contribution in [3.8, 4) is 0 Å². The van der Waals surface area contributed by atoms with E-state index in [1.54, 1.807) is 6.08 Å². The number of amides is 2. The molecule has 1 heterocycles. The van der Waals surface area contributed by atoms with E-state index in [0.29, 0.717) is 43.1 Å². The summed E-state index contributed by atoms with van der Waals surface area (Å²) < 4.78 is 0. The fraction of sp³-hybridized carbons (Fsp3) is 0.778. The molecule has 42 heavy (non-hydrogen) atoms. The van der Waals surface area contributed by atoms with Crippen LogP contribution in [-0.2, 0) is 19.2 Å². The molecule has 0 aromatic carbocycles. The second-order valence-corrected chi connectivity index (χ2v) is 14.7. The van der Waals surface area contributed by atoms with Gasteiger partial charge in [-0.15, -0.1) is 6.58 Å². The van der Waals surface area contributed by atoms with Gasteiger partial charge < -0.3 is 10.2 Å². The van der Waals surface area contributed by atoms with Gasteiger partial charge in [-0.05, 0) is 54.3 Å². The molecule has 240 valence electrons. The molecule has 2 amide bonds. The van der Waals surface area contributed by atoms with Gasteiger partial charge in [0.2, 0.25) is 11.8 Å². The van der Waals surface area contributed by atoms with E-state index in [0.717, 1.165) is 31.3 Å². The Morgan fingerprint density at radius 1 is 0.952 bits per heavy atom. The van der Waals surface area contributed by atoms with Crippen LogP contribution in [-0.4, -0.2) is 46.9 Å². The van der Waals surface area contributed by atoms with Gasteiger partial charge in [0.15, 0.2) is 11.6 Å². The summed E-state index contributed by atoms with van der Waals surface area (Å²) in [6.45, 7) is 27.8. The molecule has 0 radical (unpaired) electrons. The molecule has 2 saturated carbocycles. The summed E-state index contributed by atoms with van der Waals surface area (Å²) in [7, 11) is 0. The number of piperidine rings is 1. The molecule has 3 fully saturated rings. The summed E-state index contributed by atoms with van der Waals surface area (Å²) in [6, 6.07) is -0.640. The highest BCUT2D eigenvalue weighted by molar-refractivity contribution is 6.37. The number of carbonyl (C=O) groups excluding carboxylic acids is 4. The number of nitrogens with one attached hydrogen (secondary N) is 1. The van der Waals surface area contributed by atoms with Crippen molar-refractivity contribution in [3.63, 3.8) is 0 Å². The van der Waals surface area contributed by atoms with E-state index in [1.165, 1.54) is 12.8 Å². The summed E-state index contributed by atoms with van der Waals surface area (Å²) >= 11 is 0. The molecule has 3 unspecified atom stereocenters. The topological polar surface area (TPSA) is 83.6 Å². The number of nitrogens with zero attached hydrogens (tertiary/aromatic N) is 1. The van der Waals surface area contributed by atoms with Crippen LogP contribution in [0.5, 0.6) is 0 Å². The Hall–Kier alpha value is -2.24. The number of fused-ring (bicyclic) bond motifs is 1.